The summed E-state index contributed by atoms with van der Waals surface area (Å²) in [6.45, 7) is 5.70. The van der Waals surface area contributed by atoms with Crippen molar-refractivity contribution in [3.05, 3.63) is 19.5 Å². The molecular weight excluding hydrogens is 514 g/mol. The minimum atomic E-state index is -1.60. The molecule has 12 nitrogen and oxygen atoms in total. The molecule has 6 atom stereocenters. The Balaban J connectivity index is 1.81. The summed E-state index contributed by atoms with van der Waals surface area (Å²) in [7, 11) is 0. The number of thioether (sulfide) groups is 1. The Morgan fingerprint density at radius 3 is 2.47 bits per heavy atom. The van der Waals surface area contributed by atoms with Crippen LogP contribution in [0.15, 0.2) is 6.20 Å². The van der Waals surface area contributed by atoms with Crippen molar-refractivity contribution in [3.8, 4) is 0 Å². The van der Waals surface area contributed by atoms with Gasteiger partial charge in [0, 0.05) is 12.2 Å². The molecule has 2 rings (SSSR count). The Kier molecular flexibility index (Phi) is 15.2. The van der Waals surface area contributed by atoms with Gasteiger partial charge < -0.3 is 35.8 Å². The van der Waals surface area contributed by atoms with Crippen LogP contribution in [0.3, 0.4) is 0 Å². The van der Waals surface area contributed by atoms with E-state index < -0.39 is 42.7 Å². The zero-order valence-corrected chi connectivity index (χ0v) is 22.9. The lowest BCUT2D eigenvalue weighted by Crippen LogP contribution is -2.45. The number of unbranched alkanes of at least 4 members (excludes halogenated alkanes) is 7. The first-order valence-corrected chi connectivity index (χ1v) is 14.5. The highest BCUT2D eigenvalue weighted by Crippen LogP contribution is 2.23. The summed E-state index contributed by atoms with van der Waals surface area (Å²) in [6.07, 6.45) is 5.37. The molecule has 0 aliphatic carbocycles. The summed E-state index contributed by atoms with van der Waals surface area (Å²) in [5, 5.41) is 52.5. The van der Waals surface area contributed by atoms with Gasteiger partial charge >= 0.3 is 0 Å². The first-order chi connectivity index (χ1) is 18.3. The highest BCUT2D eigenvalue weighted by atomic mass is 32.2. The Hall–Kier alpha value is -1.77. The lowest BCUT2D eigenvalue weighted by atomic mass is 10.1. The van der Waals surface area contributed by atoms with Gasteiger partial charge in [0.15, 0.2) is 12.1 Å². The quantitative estimate of drug-likeness (QED) is 0.133. The molecule has 1 fully saturated rings. The van der Waals surface area contributed by atoms with Crippen LogP contribution in [-0.2, 0) is 20.9 Å². The number of nitrogens with zero attached hydrogens (tertiary/aromatic N) is 3. The van der Waals surface area contributed by atoms with Gasteiger partial charge in [-0.25, -0.2) is 4.68 Å². The van der Waals surface area contributed by atoms with Gasteiger partial charge in [-0.05, 0) is 25.5 Å². The third-order valence-electron chi connectivity index (χ3n) is 6.25. The van der Waals surface area contributed by atoms with Crippen molar-refractivity contribution in [3.63, 3.8) is 0 Å². The molecule has 1 aliphatic heterocycles. The van der Waals surface area contributed by atoms with Gasteiger partial charge in [-0.1, -0.05) is 57.1 Å². The molecule has 1 aliphatic rings. The van der Waals surface area contributed by atoms with Crippen LogP contribution in [0, 0.1) is 13.3 Å². The Morgan fingerprint density at radius 1 is 1.16 bits per heavy atom. The van der Waals surface area contributed by atoms with Gasteiger partial charge in [0.2, 0.25) is 11.8 Å². The van der Waals surface area contributed by atoms with Gasteiger partial charge in [0.05, 0.1) is 12.7 Å². The maximum absolute atomic E-state index is 12.9. The largest absolute Gasteiger partial charge is 0.388 e. The highest BCUT2D eigenvalue weighted by molar-refractivity contribution is 7.99. The summed E-state index contributed by atoms with van der Waals surface area (Å²) < 4.78 is 6.22. The third-order valence-corrected chi connectivity index (χ3v) is 7.29. The van der Waals surface area contributed by atoms with Crippen LogP contribution in [0.2, 0.25) is 0 Å². The summed E-state index contributed by atoms with van der Waals surface area (Å²) in [5.74, 6) is 0.478. The minimum absolute atomic E-state index is 0.117. The number of nitrogens with one attached hydrogen (secondary N) is 2. The second kappa shape index (κ2) is 17.7. The fraction of sp³-hybridized carbons (Fsp3) is 0.760. The Morgan fingerprint density at radius 2 is 1.84 bits per heavy atom. The summed E-state index contributed by atoms with van der Waals surface area (Å²) >= 11 is 1.47. The minimum Gasteiger partial charge on any atom is -0.388 e. The van der Waals surface area contributed by atoms with Crippen molar-refractivity contribution in [2.45, 2.75) is 108 Å². The molecule has 216 valence electrons. The van der Waals surface area contributed by atoms with Crippen LogP contribution in [-0.4, -0.2) is 95.5 Å². The summed E-state index contributed by atoms with van der Waals surface area (Å²) in [6, 6.07) is -0.776. The lowest BCUT2D eigenvalue weighted by Gasteiger charge is -2.20. The average molecular weight is 558 g/mol. The van der Waals surface area contributed by atoms with Crippen molar-refractivity contribution < 1.29 is 34.8 Å². The number of aliphatic hydroxyl groups is 4. The highest BCUT2D eigenvalue weighted by Gasteiger charge is 2.45. The number of rotatable bonds is 19. The molecule has 2 amide bonds. The van der Waals surface area contributed by atoms with Gasteiger partial charge in [-0.2, -0.15) is 11.8 Å². The van der Waals surface area contributed by atoms with E-state index in [1.54, 1.807) is 6.42 Å². The average Bonchev–Trinajstić information content (AvgIpc) is 3.43. The number of anilines is 1. The molecule has 1 aromatic heterocycles. The Labute approximate surface area is 228 Å². The normalized spacial score (nSPS) is 22.8. The number of ether oxygens (including phenoxy) is 1. The van der Waals surface area contributed by atoms with E-state index in [-0.39, 0.29) is 18.3 Å². The number of carbonyl (C=O) groups excluding carboxylic acids is 2. The molecule has 0 spiro atoms. The lowest BCUT2D eigenvalue weighted by molar-refractivity contribution is -0.147. The first-order valence-electron chi connectivity index (χ1n) is 13.3. The Bertz CT molecular complexity index is 830. The topological polar surface area (TPSA) is 179 Å². The predicted octanol–water partition coefficient (Wildman–Crippen LogP) is 0.804. The van der Waals surface area contributed by atoms with E-state index in [4.69, 9.17) is 4.74 Å². The second-order valence-electron chi connectivity index (χ2n) is 9.53. The van der Waals surface area contributed by atoms with E-state index in [0.29, 0.717) is 17.9 Å². The zero-order valence-electron chi connectivity index (χ0n) is 22.1. The van der Waals surface area contributed by atoms with Crippen LogP contribution >= 0.6 is 11.8 Å². The summed E-state index contributed by atoms with van der Waals surface area (Å²) in [5.41, 5.74) is 0. The van der Waals surface area contributed by atoms with Crippen molar-refractivity contribution in [2.75, 3.05) is 16.8 Å². The van der Waals surface area contributed by atoms with E-state index in [1.807, 2.05) is 0 Å². The van der Waals surface area contributed by atoms with E-state index >= 15 is 0 Å². The van der Waals surface area contributed by atoms with Crippen LogP contribution in [0.4, 0.5) is 5.82 Å². The van der Waals surface area contributed by atoms with Gasteiger partial charge in [-0.3, -0.25) is 9.59 Å². The van der Waals surface area contributed by atoms with E-state index in [9.17, 15) is 30.0 Å². The molecule has 2 unspecified atom stereocenters. The molecule has 0 bridgehead atoms. The maximum Gasteiger partial charge on any atom is 0.249 e. The van der Waals surface area contributed by atoms with Crippen molar-refractivity contribution in [2.24, 2.45) is 0 Å². The zero-order chi connectivity index (χ0) is 27.9. The predicted molar refractivity (Wildman–Crippen MR) is 144 cm³/mol. The van der Waals surface area contributed by atoms with Crippen molar-refractivity contribution in [1.29, 1.82) is 0 Å². The van der Waals surface area contributed by atoms with Gasteiger partial charge in [-0.15, -0.1) is 5.10 Å². The number of aliphatic hydroxyl groups excluding tert-OH is 4. The van der Waals surface area contributed by atoms with Crippen LogP contribution < -0.4 is 10.6 Å². The first kappa shape index (κ1) is 32.4. The number of hydrogen-bond donors (Lipinski definition) is 6. The number of carbonyl (C=O) groups is 2. The SMILES string of the molecule is [CH2][CH]CSC[C@@H](NC(=O)CCCCCCCCCC)C(=O)Nc1cn(C[C@H](O)C2OC(O)[C@@H](O)[C@@H]2O)nn1. The summed E-state index contributed by atoms with van der Waals surface area (Å²) in [4.78, 5) is 25.4. The molecule has 38 heavy (non-hydrogen) atoms. The number of aromatic nitrogens is 3. The van der Waals surface area contributed by atoms with E-state index in [0.717, 1.165) is 19.3 Å². The van der Waals surface area contributed by atoms with Gasteiger partial charge in [0.25, 0.3) is 0 Å². The molecule has 2 heterocycles. The third kappa shape index (κ3) is 11.1. The van der Waals surface area contributed by atoms with Crippen LogP contribution in [0.5, 0.6) is 0 Å². The molecule has 6 N–H and O–H groups in total. The van der Waals surface area contributed by atoms with Crippen molar-refractivity contribution >= 4 is 29.4 Å². The molecule has 1 saturated heterocycles. The second-order valence-corrected chi connectivity index (χ2v) is 10.6. The smallest absolute Gasteiger partial charge is 0.249 e. The molecule has 13 heteroatoms. The molecule has 0 aromatic carbocycles. The standard InChI is InChI=1S/C25H43N5O7S/c1-3-5-6-7-8-9-10-11-12-20(32)26-17(16-38-13-4-2)24(35)27-19-15-30(29-28-19)14-18(31)23-21(33)22(34)25(36)37-23/h4,15,17-18,21-23,25,31,33-34,36H,2-3,5-14,16H2,1H3,(H,26,32)(H,27,35)/t17-,18+,21+,22+,23?,25?/m1/s1. The van der Waals surface area contributed by atoms with E-state index in [2.05, 4.69) is 34.8 Å². The van der Waals surface area contributed by atoms with Crippen LogP contribution in [0.25, 0.3) is 0 Å². The maximum atomic E-state index is 12.9. The van der Waals surface area contributed by atoms with E-state index in [1.165, 1.54) is 54.7 Å². The monoisotopic (exact) mass is 557 g/mol. The number of amides is 2. The molecular formula is C25H43N5O7S. The molecule has 2 radical (unpaired) electrons. The van der Waals surface area contributed by atoms with Crippen molar-refractivity contribution in [1.82, 2.24) is 20.3 Å². The van der Waals surface area contributed by atoms with Gasteiger partial charge in [0.1, 0.15) is 30.5 Å². The molecule has 1 aromatic rings. The van der Waals surface area contributed by atoms with Crippen LogP contribution in [0.1, 0.15) is 64.7 Å². The fourth-order valence-corrected chi connectivity index (χ4v) is 4.87. The fourth-order valence-electron chi connectivity index (χ4n) is 4.10. The number of hydrogen-bond acceptors (Lipinski definition) is 10. The molecule has 0 saturated carbocycles.